The normalized spacial score (nSPS) is 23.3. The van der Waals surface area contributed by atoms with E-state index in [4.69, 9.17) is 0 Å². The fourth-order valence-electron chi connectivity index (χ4n) is 2.58. The number of carbonyl (C=O) groups is 2. The van der Waals surface area contributed by atoms with Crippen molar-refractivity contribution in [1.29, 1.82) is 0 Å². The Hall–Kier alpha value is -2.37. The lowest BCUT2D eigenvalue weighted by Crippen LogP contribution is -2.43. The van der Waals surface area contributed by atoms with Crippen LogP contribution >= 0.6 is 0 Å². The van der Waals surface area contributed by atoms with Gasteiger partial charge in [-0.3, -0.25) is 9.59 Å². The fourth-order valence-corrected chi connectivity index (χ4v) is 2.58. The average molecular weight is 259 g/mol. The number of carbonyl (C=O) groups excluding carboxylic acids is 1. The first kappa shape index (κ1) is 11.7. The third-order valence-electron chi connectivity index (χ3n) is 3.55. The fraction of sp³-hybridized carbons (Fsp3) is 0.308. The van der Waals surface area contributed by atoms with Crippen LogP contribution in [-0.2, 0) is 9.59 Å². The minimum atomic E-state index is -0.893. The Morgan fingerprint density at radius 2 is 2.32 bits per heavy atom. The summed E-state index contributed by atoms with van der Waals surface area (Å²) in [6.45, 7) is 0.166. The van der Waals surface area contributed by atoms with Crippen LogP contribution in [0.1, 0.15) is 18.0 Å². The van der Waals surface area contributed by atoms with Crippen molar-refractivity contribution in [2.24, 2.45) is 5.92 Å². The van der Waals surface area contributed by atoms with E-state index in [1.165, 1.54) is 0 Å². The molecule has 6 nitrogen and oxygen atoms in total. The molecule has 0 aromatic carbocycles. The lowest BCUT2D eigenvalue weighted by molar-refractivity contribution is -0.144. The van der Waals surface area contributed by atoms with Crippen LogP contribution in [0.3, 0.4) is 0 Å². The Kier molecular flexibility index (Phi) is 2.70. The molecule has 6 heteroatoms. The number of hydrogen-bond donors (Lipinski definition) is 2. The van der Waals surface area contributed by atoms with Crippen molar-refractivity contribution in [1.82, 2.24) is 14.7 Å². The molecule has 1 saturated heterocycles. The molecule has 3 heterocycles. The van der Waals surface area contributed by atoms with Gasteiger partial charge in [-0.1, -0.05) is 6.07 Å². The number of amides is 1. The number of hydrogen-bond acceptors (Lipinski definition) is 3. The summed E-state index contributed by atoms with van der Waals surface area (Å²) >= 11 is 0. The molecule has 0 spiro atoms. The molecule has 0 aliphatic carbocycles. The summed E-state index contributed by atoms with van der Waals surface area (Å²) < 4.78 is 1.85. The number of fused-ring (bicyclic) bond motifs is 1. The Morgan fingerprint density at radius 3 is 3.11 bits per heavy atom. The molecule has 3 rings (SSSR count). The zero-order valence-corrected chi connectivity index (χ0v) is 10.1. The number of nitrogens with one attached hydrogen (secondary N) is 1. The first-order valence-corrected chi connectivity index (χ1v) is 6.08. The van der Waals surface area contributed by atoms with E-state index in [1.807, 2.05) is 28.8 Å². The molecule has 1 aliphatic heterocycles. The van der Waals surface area contributed by atoms with Crippen molar-refractivity contribution < 1.29 is 14.7 Å². The van der Waals surface area contributed by atoms with E-state index in [0.717, 1.165) is 11.3 Å². The van der Waals surface area contributed by atoms with Gasteiger partial charge in [-0.15, -0.1) is 0 Å². The zero-order chi connectivity index (χ0) is 13.4. The van der Waals surface area contributed by atoms with Crippen molar-refractivity contribution in [3.8, 4) is 0 Å². The van der Waals surface area contributed by atoms with Gasteiger partial charge in [-0.2, -0.15) is 0 Å². The van der Waals surface area contributed by atoms with E-state index < -0.39 is 11.9 Å². The first-order valence-electron chi connectivity index (χ1n) is 6.08. The number of imidazole rings is 1. The van der Waals surface area contributed by atoms with Gasteiger partial charge in [0.15, 0.2) is 0 Å². The van der Waals surface area contributed by atoms with E-state index >= 15 is 0 Å². The maximum atomic E-state index is 11.5. The number of aliphatic carboxylic acids is 1. The van der Waals surface area contributed by atoms with Gasteiger partial charge in [0, 0.05) is 37.0 Å². The largest absolute Gasteiger partial charge is 0.481 e. The summed E-state index contributed by atoms with van der Waals surface area (Å²) in [6.07, 6.45) is 3.68. The molecule has 0 bridgehead atoms. The van der Waals surface area contributed by atoms with E-state index in [1.54, 1.807) is 6.20 Å². The maximum Gasteiger partial charge on any atom is 0.308 e. The van der Waals surface area contributed by atoms with Gasteiger partial charge < -0.3 is 14.8 Å². The molecular weight excluding hydrogens is 246 g/mol. The molecule has 98 valence electrons. The van der Waals surface area contributed by atoms with Crippen molar-refractivity contribution >= 4 is 17.5 Å². The van der Waals surface area contributed by atoms with E-state index in [2.05, 4.69) is 10.3 Å². The Bertz CT molecular complexity index is 649. The van der Waals surface area contributed by atoms with Gasteiger partial charge in [0.05, 0.1) is 5.92 Å². The van der Waals surface area contributed by atoms with Crippen LogP contribution in [0.5, 0.6) is 0 Å². The third-order valence-corrected chi connectivity index (χ3v) is 3.55. The Morgan fingerprint density at radius 1 is 1.47 bits per heavy atom. The molecule has 1 fully saturated rings. The van der Waals surface area contributed by atoms with Crippen LogP contribution in [0.15, 0.2) is 30.6 Å². The number of carboxylic acid groups (broad SMARTS) is 1. The van der Waals surface area contributed by atoms with Crippen LogP contribution in [0.2, 0.25) is 0 Å². The first-order chi connectivity index (χ1) is 9.16. The molecule has 1 amide bonds. The molecule has 2 N–H and O–H groups in total. The summed E-state index contributed by atoms with van der Waals surface area (Å²) in [5.74, 6) is -1.97. The van der Waals surface area contributed by atoms with Gasteiger partial charge in [0.1, 0.15) is 5.65 Å². The van der Waals surface area contributed by atoms with Gasteiger partial charge in [0.25, 0.3) is 0 Å². The predicted molar refractivity (Wildman–Crippen MR) is 66.7 cm³/mol. The quantitative estimate of drug-likeness (QED) is 0.829. The standard InChI is InChI=1S/C13H13N3O3/c17-12-5-8(9(6-15-12)13(18)19)10-7-14-11-3-1-2-4-16(10)11/h1-4,7-9H,5-6H2,(H,15,17)(H,18,19). The minimum Gasteiger partial charge on any atom is -0.481 e. The number of piperidine rings is 1. The van der Waals surface area contributed by atoms with Crippen LogP contribution in [0, 0.1) is 5.92 Å². The van der Waals surface area contributed by atoms with E-state index in [0.29, 0.717) is 0 Å². The van der Waals surface area contributed by atoms with E-state index in [-0.39, 0.29) is 24.8 Å². The monoisotopic (exact) mass is 259 g/mol. The third kappa shape index (κ3) is 1.95. The molecule has 2 atom stereocenters. The van der Waals surface area contributed by atoms with Crippen molar-refractivity contribution in [3.05, 3.63) is 36.3 Å². The number of nitrogens with zero attached hydrogens (tertiary/aromatic N) is 2. The topological polar surface area (TPSA) is 83.7 Å². The second-order valence-corrected chi connectivity index (χ2v) is 4.67. The zero-order valence-electron chi connectivity index (χ0n) is 10.1. The van der Waals surface area contributed by atoms with Crippen LogP contribution in [0.4, 0.5) is 0 Å². The van der Waals surface area contributed by atoms with Crippen molar-refractivity contribution in [2.75, 3.05) is 6.54 Å². The lowest BCUT2D eigenvalue weighted by Gasteiger charge is -2.28. The van der Waals surface area contributed by atoms with Gasteiger partial charge in [0.2, 0.25) is 5.91 Å². The molecule has 2 aromatic rings. The highest BCUT2D eigenvalue weighted by Crippen LogP contribution is 2.31. The van der Waals surface area contributed by atoms with Crippen LogP contribution < -0.4 is 5.32 Å². The summed E-state index contributed by atoms with van der Waals surface area (Å²) in [5.41, 5.74) is 1.53. The molecular formula is C13H13N3O3. The minimum absolute atomic E-state index is 0.117. The smallest absolute Gasteiger partial charge is 0.308 e. The summed E-state index contributed by atoms with van der Waals surface area (Å²) in [5, 5.41) is 11.9. The SMILES string of the molecule is O=C1CC(c2cnc3ccccn23)C(C(=O)O)CN1. The highest BCUT2D eigenvalue weighted by atomic mass is 16.4. The van der Waals surface area contributed by atoms with E-state index in [9.17, 15) is 14.7 Å². The number of aromatic nitrogens is 2. The molecule has 0 saturated carbocycles. The summed E-state index contributed by atoms with van der Waals surface area (Å²) in [7, 11) is 0. The number of pyridine rings is 1. The molecule has 0 radical (unpaired) electrons. The highest BCUT2D eigenvalue weighted by Gasteiger charge is 2.36. The van der Waals surface area contributed by atoms with Crippen LogP contribution in [-0.4, -0.2) is 32.9 Å². The number of carboxylic acids is 1. The molecule has 1 aliphatic rings. The maximum absolute atomic E-state index is 11.5. The van der Waals surface area contributed by atoms with Gasteiger partial charge >= 0.3 is 5.97 Å². The summed E-state index contributed by atoms with van der Waals surface area (Å²) in [4.78, 5) is 27.1. The van der Waals surface area contributed by atoms with Crippen molar-refractivity contribution in [2.45, 2.75) is 12.3 Å². The second kappa shape index (κ2) is 4.38. The van der Waals surface area contributed by atoms with Gasteiger partial charge in [-0.05, 0) is 12.1 Å². The average Bonchev–Trinajstić information content (AvgIpc) is 2.82. The van der Waals surface area contributed by atoms with Crippen LogP contribution in [0.25, 0.3) is 5.65 Å². The predicted octanol–water partition coefficient (Wildman–Crippen LogP) is 0.639. The molecule has 19 heavy (non-hydrogen) atoms. The molecule has 2 aromatic heterocycles. The summed E-state index contributed by atoms with van der Waals surface area (Å²) in [6, 6.07) is 5.58. The highest BCUT2D eigenvalue weighted by molar-refractivity contribution is 5.82. The van der Waals surface area contributed by atoms with Crippen molar-refractivity contribution in [3.63, 3.8) is 0 Å². The van der Waals surface area contributed by atoms with Gasteiger partial charge in [-0.25, -0.2) is 4.98 Å². The Labute approximate surface area is 109 Å². The lowest BCUT2D eigenvalue weighted by atomic mass is 9.84. The Balaban J connectivity index is 2.06. The number of rotatable bonds is 2. The molecule has 2 unspecified atom stereocenters. The second-order valence-electron chi connectivity index (χ2n) is 4.67.